The number of halogens is 1. The molecule has 0 bridgehead atoms. The lowest BCUT2D eigenvalue weighted by atomic mass is 10.2. The number of fused-ring (bicyclic) bond motifs is 1. The zero-order valence-electron chi connectivity index (χ0n) is 22.7. The van der Waals surface area contributed by atoms with Crippen LogP contribution in [0.2, 0.25) is 0 Å². The lowest BCUT2D eigenvalue weighted by molar-refractivity contribution is 0.0983. The van der Waals surface area contributed by atoms with Gasteiger partial charge in [0.15, 0.2) is 5.13 Å². The fraction of sp³-hybridized carbons (Fsp3) is 0.310. The van der Waals surface area contributed by atoms with Gasteiger partial charge in [0.25, 0.3) is 5.91 Å². The SMILES string of the molecule is CCN(CC)CCN(C(=O)c1ccc(S(=O)(=O)N(C)Cc2ccccc2)cc1)c1nc2c(C)cccc2s1.Cl. The number of likely N-dealkylation sites (N-methyl/N-ethyl adjacent to an activating group) is 1. The minimum absolute atomic E-state index is 0. The fourth-order valence-electron chi connectivity index (χ4n) is 4.29. The molecule has 39 heavy (non-hydrogen) atoms. The maximum Gasteiger partial charge on any atom is 0.260 e. The Balaban J connectivity index is 0.00000420. The standard InChI is InChI=1S/C29H34N4O3S2.ClH/c1-5-32(6-2)19-20-33(29-30-27-22(3)11-10-14-26(27)37-29)28(34)24-15-17-25(18-16-24)38(35,36)31(4)21-23-12-8-7-9-13-23;/h7-18H,5-6,19-21H2,1-4H3;1H. The van der Waals surface area contributed by atoms with E-state index in [0.717, 1.165) is 34.4 Å². The molecule has 0 saturated heterocycles. The predicted molar refractivity (Wildman–Crippen MR) is 163 cm³/mol. The van der Waals surface area contributed by atoms with E-state index >= 15 is 0 Å². The van der Waals surface area contributed by atoms with E-state index < -0.39 is 10.0 Å². The van der Waals surface area contributed by atoms with Crippen LogP contribution < -0.4 is 4.90 Å². The summed E-state index contributed by atoms with van der Waals surface area (Å²) in [5.74, 6) is -0.199. The van der Waals surface area contributed by atoms with Gasteiger partial charge >= 0.3 is 0 Å². The highest BCUT2D eigenvalue weighted by Gasteiger charge is 2.25. The van der Waals surface area contributed by atoms with Crippen LogP contribution in [0.3, 0.4) is 0 Å². The molecule has 0 unspecified atom stereocenters. The van der Waals surface area contributed by atoms with Crippen LogP contribution in [-0.2, 0) is 16.6 Å². The molecule has 1 heterocycles. The molecular weight excluding hydrogens is 552 g/mol. The number of carbonyl (C=O) groups is 1. The first-order valence-corrected chi connectivity index (χ1v) is 15.0. The lowest BCUT2D eigenvalue weighted by Crippen LogP contribution is -2.38. The summed E-state index contributed by atoms with van der Waals surface area (Å²) in [5, 5.41) is 0.644. The number of para-hydroxylation sites is 1. The van der Waals surface area contributed by atoms with Crippen molar-refractivity contribution in [1.82, 2.24) is 14.2 Å². The topological polar surface area (TPSA) is 73.8 Å². The predicted octanol–water partition coefficient (Wildman–Crippen LogP) is 5.84. The number of nitrogens with zero attached hydrogens (tertiary/aromatic N) is 4. The molecule has 7 nitrogen and oxygen atoms in total. The zero-order chi connectivity index (χ0) is 27.3. The number of aromatic nitrogens is 1. The number of hydrogen-bond donors (Lipinski definition) is 0. The highest BCUT2D eigenvalue weighted by molar-refractivity contribution is 7.89. The second-order valence-electron chi connectivity index (χ2n) is 9.17. The normalized spacial score (nSPS) is 11.6. The Kier molecular flexibility index (Phi) is 10.6. The van der Waals surface area contributed by atoms with Gasteiger partial charge in [-0.05, 0) is 61.5 Å². The van der Waals surface area contributed by atoms with Gasteiger partial charge in [-0.15, -0.1) is 12.4 Å². The monoisotopic (exact) mass is 586 g/mol. The van der Waals surface area contributed by atoms with Crippen LogP contribution in [0.15, 0.2) is 77.7 Å². The Hall–Kier alpha value is -2.82. The molecule has 0 radical (unpaired) electrons. The highest BCUT2D eigenvalue weighted by Crippen LogP contribution is 2.31. The third-order valence-electron chi connectivity index (χ3n) is 6.68. The maximum absolute atomic E-state index is 13.7. The lowest BCUT2D eigenvalue weighted by Gasteiger charge is -2.25. The number of aryl methyl sites for hydroxylation is 1. The maximum atomic E-state index is 13.7. The average Bonchev–Trinajstić information content (AvgIpc) is 3.37. The Morgan fingerprint density at radius 1 is 0.897 bits per heavy atom. The van der Waals surface area contributed by atoms with Crippen molar-refractivity contribution in [2.24, 2.45) is 0 Å². The number of amides is 1. The summed E-state index contributed by atoms with van der Waals surface area (Å²) in [4.78, 5) is 22.7. The van der Waals surface area contributed by atoms with Crippen LogP contribution in [0.1, 0.15) is 35.3 Å². The van der Waals surface area contributed by atoms with Gasteiger partial charge in [0, 0.05) is 32.2 Å². The third-order valence-corrected chi connectivity index (χ3v) is 9.54. The van der Waals surface area contributed by atoms with E-state index in [2.05, 4.69) is 18.7 Å². The molecule has 1 amide bonds. The molecule has 208 valence electrons. The minimum Gasteiger partial charge on any atom is -0.302 e. The fourth-order valence-corrected chi connectivity index (χ4v) is 6.51. The van der Waals surface area contributed by atoms with Crippen molar-refractivity contribution in [2.75, 3.05) is 38.1 Å². The molecule has 0 atom stereocenters. The van der Waals surface area contributed by atoms with Gasteiger partial charge in [0.1, 0.15) is 0 Å². The minimum atomic E-state index is -3.71. The van der Waals surface area contributed by atoms with Gasteiger partial charge in [-0.2, -0.15) is 4.31 Å². The van der Waals surface area contributed by atoms with Crippen LogP contribution in [-0.4, -0.2) is 61.7 Å². The molecule has 0 aliphatic carbocycles. The van der Waals surface area contributed by atoms with Crippen LogP contribution in [0, 0.1) is 6.92 Å². The Morgan fingerprint density at radius 2 is 1.56 bits per heavy atom. The molecule has 4 rings (SSSR count). The van der Waals surface area contributed by atoms with E-state index in [1.165, 1.54) is 27.8 Å². The Morgan fingerprint density at radius 3 is 2.18 bits per heavy atom. The number of thiazole rings is 1. The van der Waals surface area contributed by atoms with E-state index in [0.29, 0.717) is 23.8 Å². The molecule has 10 heteroatoms. The molecule has 0 N–H and O–H groups in total. The molecule has 0 saturated carbocycles. The van der Waals surface area contributed by atoms with Crippen molar-refractivity contribution in [1.29, 1.82) is 0 Å². The Bertz CT molecular complexity index is 1490. The molecule has 1 aromatic heterocycles. The van der Waals surface area contributed by atoms with Crippen LogP contribution in [0.4, 0.5) is 5.13 Å². The van der Waals surface area contributed by atoms with Crippen molar-refractivity contribution in [3.05, 3.63) is 89.5 Å². The van der Waals surface area contributed by atoms with Crippen molar-refractivity contribution < 1.29 is 13.2 Å². The molecular formula is C29H35ClN4O3S2. The number of carbonyl (C=O) groups excluding carboxylic acids is 1. The van der Waals surface area contributed by atoms with Gasteiger partial charge in [0.2, 0.25) is 10.0 Å². The van der Waals surface area contributed by atoms with E-state index in [4.69, 9.17) is 4.98 Å². The third kappa shape index (κ3) is 7.04. The van der Waals surface area contributed by atoms with E-state index in [1.807, 2.05) is 55.5 Å². The first kappa shape index (κ1) is 30.7. The van der Waals surface area contributed by atoms with Gasteiger partial charge < -0.3 is 4.90 Å². The number of sulfonamides is 1. The number of anilines is 1. The second kappa shape index (κ2) is 13.5. The summed E-state index contributed by atoms with van der Waals surface area (Å²) < 4.78 is 28.7. The van der Waals surface area contributed by atoms with E-state index in [1.54, 1.807) is 24.1 Å². The summed E-state index contributed by atoms with van der Waals surface area (Å²) in [6, 6.07) is 21.7. The zero-order valence-corrected chi connectivity index (χ0v) is 25.2. The molecule has 0 aliphatic rings. The summed E-state index contributed by atoms with van der Waals surface area (Å²) in [6.07, 6.45) is 0. The van der Waals surface area contributed by atoms with Crippen molar-refractivity contribution in [3.8, 4) is 0 Å². The smallest absolute Gasteiger partial charge is 0.260 e. The molecule has 0 spiro atoms. The van der Waals surface area contributed by atoms with Gasteiger partial charge in [-0.3, -0.25) is 9.69 Å². The van der Waals surface area contributed by atoms with Gasteiger partial charge in [-0.25, -0.2) is 13.4 Å². The Labute approximate surface area is 241 Å². The molecule has 0 fully saturated rings. The van der Waals surface area contributed by atoms with Crippen molar-refractivity contribution >= 4 is 55.0 Å². The van der Waals surface area contributed by atoms with Crippen molar-refractivity contribution in [3.63, 3.8) is 0 Å². The molecule has 4 aromatic rings. The van der Waals surface area contributed by atoms with Crippen molar-refractivity contribution in [2.45, 2.75) is 32.2 Å². The van der Waals surface area contributed by atoms with Crippen LogP contribution in [0.5, 0.6) is 0 Å². The first-order chi connectivity index (χ1) is 18.2. The van der Waals surface area contributed by atoms with Crippen LogP contribution in [0.25, 0.3) is 10.2 Å². The number of benzene rings is 3. The summed E-state index contributed by atoms with van der Waals surface area (Å²) >= 11 is 1.49. The first-order valence-electron chi connectivity index (χ1n) is 12.7. The second-order valence-corrected chi connectivity index (χ2v) is 12.2. The van der Waals surface area contributed by atoms with Gasteiger partial charge in [0.05, 0.1) is 15.1 Å². The van der Waals surface area contributed by atoms with Crippen LogP contribution >= 0.6 is 23.7 Å². The highest BCUT2D eigenvalue weighted by atomic mass is 35.5. The summed E-state index contributed by atoms with van der Waals surface area (Å²) in [7, 11) is -2.15. The number of rotatable bonds is 11. The van der Waals surface area contributed by atoms with E-state index in [-0.39, 0.29) is 29.8 Å². The average molecular weight is 587 g/mol. The summed E-state index contributed by atoms with van der Waals surface area (Å²) in [5.41, 5.74) is 3.29. The molecule has 0 aliphatic heterocycles. The molecule has 3 aromatic carbocycles. The quantitative estimate of drug-likeness (QED) is 0.221. The van der Waals surface area contributed by atoms with Gasteiger partial charge in [-0.1, -0.05) is 67.6 Å². The summed E-state index contributed by atoms with van der Waals surface area (Å²) in [6.45, 7) is 9.46. The largest absolute Gasteiger partial charge is 0.302 e. The van der Waals surface area contributed by atoms with E-state index in [9.17, 15) is 13.2 Å². The number of hydrogen-bond acceptors (Lipinski definition) is 6.